The summed E-state index contributed by atoms with van der Waals surface area (Å²) in [5.41, 5.74) is 6.19. The van der Waals surface area contributed by atoms with Gasteiger partial charge in [0, 0.05) is 12.3 Å². The van der Waals surface area contributed by atoms with Crippen LogP contribution in [0.5, 0.6) is 5.75 Å². The van der Waals surface area contributed by atoms with Crippen LogP contribution in [0, 0.1) is 11.3 Å². The molecule has 0 aliphatic rings. The molecule has 2 heterocycles. The van der Waals surface area contributed by atoms with Crippen LogP contribution in [0.25, 0.3) is 0 Å². The third kappa shape index (κ3) is 4.12. The molecule has 0 fully saturated rings. The molecule has 0 saturated carbocycles. The second-order valence-corrected chi connectivity index (χ2v) is 4.34. The maximum atomic E-state index is 11.9. The lowest BCUT2D eigenvalue weighted by Gasteiger charge is -2.07. The molecule has 0 atom stereocenters. The van der Waals surface area contributed by atoms with Crippen molar-refractivity contribution < 1.29 is 4.74 Å². The Hall–Kier alpha value is -2.72. The number of ether oxygens (including phenoxy) is 1. The predicted octanol–water partition coefficient (Wildman–Crippen LogP) is 0.286. The van der Waals surface area contributed by atoms with Crippen molar-refractivity contribution in [1.82, 2.24) is 14.8 Å². The van der Waals surface area contributed by atoms with E-state index < -0.39 is 0 Å². The molecule has 7 nitrogen and oxygen atoms in total. The largest absolute Gasteiger partial charge is 0.492 e. The van der Waals surface area contributed by atoms with Gasteiger partial charge >= 0.3 is 0 Å². The number of hydrogen-bond acceptors (Lipinski definition) is 6. The first kappa shape index (κ1) is 14.7. The van der Waals surface area contributed by atoms with Crippen molar-refractivity contribution in [3.05, 3.63) is 52.2 Å². The Balaban J connectivity index is 2.10. The SMILES string of the molecule is N#Cc1cc(Cn2ncc(OCCCN)cc2=O)ccn1. The number of nitrogens with zero attached hydrogens (tertiary/aromatic N) is 4. The second kappa shape index (κ2) is 7.17. The maximum Gasteiger partial charge on any atom is 0.270 e. The molecule has 7 heteroatoms. The number of nitrogens with two attached hydrogens (primary N) is 1. The summed E-state index contributed by atoms with van der Waals surface area (Å²) in [4.78, 5) is 15.8. The molecule has 21 heavy (non-hydrogen) atoms. The minimum absolute atomic E-state index is 0.268. The Morgan fingerprint density at radius 1 is 1.43 bits per heavy atom. The molecule has 0 spiro atoms. The summed E-state index contributed by atoms with van der Waals surface area (Å²) in [6, 6.07) is 6.70. The minimum Gasteiger partial charge on any atom is -0.492 e. The summed E-state index contributed by atoms with van der Waals surface area (Å²) < 4.78 is 6.66. The van der Waals surface area contributed by atoms with Crippen LogP contribution in [0.1, 0.15) is 17.7 Å². The van der Waals surface area contributed by atoms with E-state index in [1.807, 2.05) is 6.07 Å². The van der Waals surface area contributed by atoms with Gasteiger partial charge < -0.3 is 10.5 Å². The summed E-state index contributed by atoms with van der Waals surface area (Å²) in [5.74, 6) is 0.428. The molecular weight excluding hydrogens is 270 g/mol. The van der Waals surface area contributed by atoms with Crippen molar-refractivity contribution in [3.8, 4) is 11.8 Å². The van der Waals surface area contributed by atoms with Crippen molar-refractivity contribution in [2.24, 2.45) is 5.73 Å². The van der Waals surface area contributed by atoms with Crippen LogP contribution in [0.15, 0.2) is 35.4 Å². The van der Waals surface area contributed by atoms with E-state index in [9.17, 15) is 4.79 Å². The molecule has 108 valence electrons. The lowest BCUT2D eigenvalue weighted by Crippen LogP contribution is -2.23. The molecular formula is C14H15N5O2. The summed E-state index contributed by atoms with van der Waals surface area (Å²) in [6.07, 6.45) is 3.74. The van der Waals surface area contributed by atoms with Crippen molar-refractivity contribution in [3.63, 3.8) is 0 Å². The van der Waals surface area contributed by atoms with Gasteiger partial charge in [0.15, 0.2) is 0 Å². The monoisotopic (exact) mass is 285 g/mol. The number of nitriles is 1. The fraction of sp³-hybridized carbons (Fsp3) is 0.286. The normalized spacial score (nSPS) is 10.1. The number of rotatable bonds is 6. The van der Waals surface area contributed by atoms with Crippen LogP contribution in [-0.2, 0) is 6.54 Å². The number of hydrogen-bond donors (Lipinski definition) is 1. The lowest BCUT2D eigenvalue weighted by molar-refractivity contribution is 0.309. The van der Waals surface area contributed by atoms with Gasteiger partial charge in [-0.3, -0.25) is 4.79 Å². The summed E-state index contributed by atoms with van der Waals surface area (Å²) in [5, 5.41) is 12.9. The van der Waals surface area contributed by atoms with E-state index in [-0.39, 0.29) is 12.1 Å². The molecule has 2 N–H and O–H groups in total. The molecule has 2 rings (SSSR count). The van der Waals surface area contributed by atoms with Crippen molar-refractivity contribution in [2.45, 2.75) is 13.0 Å². The highest BCUT2D eigenvalue weighted by molar-refractivity contribution is 5.25. The van der Waals surface area contributed by atoms with Gasteiger partial charge in [0.1, 0.15) is 17.5 Å². The Morgan fingerprint density at radius 3 is 3.00 bits per heavy atom. The molecule has 0 aromatic carbocycles. The van der Waals surface area contributed by atoms with Crippen LogP contribution in [0.4, 0.5) is 0 Å². The quantitative estimate of drug-likeness (QED) is 0.764. The molecule has 0 radical (unpaired) electrons. The highest BCUT2D eigenvalue weighted by Gasteiger charge is 2.03. The third-order valence-corrected chi connectivity index (χ3v) is 2.73. The van der Waals surface area contributed by atoms with Gasteiger partial charge in [0.25, 0.3) is 5.56 Å². The van der Waals surface area contributed by atoms with Gasteiger partial charge in [0.2, 0.25) is 0 Å². The van der Waals surface area contributed by atoms with E-state index in [0.29, 0.717) is 24.6 Å². The Labute approximate surface area is 121 Å². The van der Waals surface area contributed by atoms with Crippen LogP contribution < -0.4 is 16.0 Å². The van der Waals surface area contributed by atoms with E-state index in [1.54, 1.807) is 12.1 Å². The standard InChI is InChI=1S/C14H15N5O2/c15-3-1-5-21-13-7-14(20)19(18-9-13)10-11-2-4-17-12(6-11)8-16/h2,4,6-7,9H,1,3,5,10,15H2. The summed E-state index contributed by atoms with van der Waals surface area (Å²) >= 11 is 0. The Morgan fingerprint density at radius 2 is 2.29 bits per heavy atom. The zero-order valence-electron chi connectivity index (χ0n) is 11.4. The molecule has 0 aliphatic heterocycles. The van der Waals surface area contributed by atoms with Crippen LogP contribution in [0.3, 0.4) is 0 Å². The molecule has 0 unspecified atom stereocenters. The topological polar surface area (TPSA) is 107 Å². The molecule has 2 aromatic heterocycles. The highest BCUT2D eigenvalue weighted by atomic mass is 16.5. The fourth-order valence-electron chi connectivity index (χ4n) is 1.69. The first-order chi connectivity index (χ1) is 10.2. The van der Waals surface area contributed by atoms with E-state index in [2.05, 4.69) is 10.1 Å². The van der Waals surface area contributed by atoms with Crippen LogP contribution in [-0.4, -0.2) is 27.9 Å². The number of pyridine rings is 1. The van der Waals surface area contributed by atoms with Gasteiger partial charge in [-0.25, -0.2) is 9.67 Å². The van der Waals surface area contributed by atoms with Crippen molar-refractivity contribution in [2.75, 3.05) is 13.2 Å². The van der Waals surface area contributed by atoms with Gasteiger partial charge in [-0.15, -0.1) is 0 Å². The van der Waals surface area contributed by atoms with Crippen LogP contribution in [0.2, 0.25) is 0 Å². The third-order valence-electron chi connectivity index (χ3n) is 2.73. The van der Waals surface area contributed by atoms with Gasteiger partial charge in [0.05, 0.1) is 19.3 Å². The maximum absolute atomic E-state index is 11.9. The van der Waals surface area contributed by atoms with E-state index >= 15 is 0 Å². The molecule has 2 aromatic rings. The molecule has 0 saturated heterocycles. The van der Waals surface area contributed by atoms with Gasteiger partial charge in [-0.1, -0.05) is 0 Å². The predicted molar refractivity (Wildman–Crippen MR) is 75.7 cm³/mol. The molecule has 0 amide bonds. The van der Waals surface area contributed by atoms with Crippen LogP contribution >= 0.6 is 0 Å². The Kier molecular flexibility index (Phi) is 5.01. The second-order valence-electron chi connectivity index (χ2n) is 4.34. The Bertz CT molecular complexity index is 705. The minimum atomic E-state index is -0.268. The van der Waals surface area contributed by atoms with Crippen molar-refractivity contribution in [1.29, 1.82) is 5.26 Å². The smallest absolute Gasteiger partial charge is 0.270 e. The zero-order chi connectivity index (χ0) is 15.1. The average molecular weight is 285 g/mol. The summed E-state index contributed by atoms with van der Waals surface area (Å²) in [7, 11) is 0. The first-order valence-corrected chi connectivity index (χ1v) is 6.48. The summed E-state index contributed by atoms with van der Waals surface area (Å²) in [6.45, 7) is 1.27. The first-order valence-electron chi connectivity index (χ1n) is 6.48. The number of aromatic nitrogens is 3. The van der Waals surface area contributed by atoms with Gasteiger partial charge in [-0.05, 0) is 30.7 Å². The zero-order valence-corrected chi connectivity index (χ0v) is 11.4. The molecule has 0 bridgehead atoms. The van der Waals surface area contributed by atoms with E-state index in [0.717, 1.165) is 12.0 Å². The fourth-order valence-corrected chi connectivity index (χ4v) is 1.69. The van der Waals surface area contributed by atoms with E-state index in [4.69, 9.17) is 15.7 Å². The highest BCUT2D eigenvalue weighted by Crippen LogP contribution is 2.06. The van der Waals surface area contributed by atoms with Gasteiger partial charge in [-0.2, -0.15) is 10.4 Å². The van der Waals surface area contributed by atoms with E-state index in [1.165, 1.54) is 23.1 Å². The lowest BCUT2D eigenvalue weighted by atomic mass is 10.2. The average Bonchev–Trinajstić information content (AvgIpc) is 2.50. The molecule has 0 aliphatic carbocycles. The van der Waals surface area contributed by atoms with Crippen molar-refractivity contribution >= 4 is 0 Å².